The van der Waals surface area contributed by atoms with Crippen molar-refractivity contribution in [3.8, 4) is 16.9 Å². The molecule has 0 aliphatic carbocycles. The van der Waals surface area contributed by atoms with Gasteiger partial charge in [0.25, 0.3) is 0 Å². The van der Waals surface area contributed by atoms with E-state index in [0.29, 0.717) is 24.1 Å². The van der Waals surface area contributed by atoms with Gasteiger partial charge in [0, 0.05) is 17.7 Å². The summed E-state index contributed by atoms with van der Waals surface area (Å²) in [5.74, 6) is -11.1. The second kappa shape index (κ2) is 7.97. The van der Waals surface area contributed by atoms with E-state index in [0.717, 1.165) is 6.07 Å². The summed E-state index contributed by atoms with van der Waals surface area (Å²) in [6.07, 6.45) is -4.21. The Morgan fingerprint density at radius 2 is 1.30 bits per heavy atom. The third-order valence-electron chi connectivity index (χ3n) is 4.29. The van der Waals surface area contributed by atoms with Crippen LogP contribution < -0.4 is 4.74 Å². The summed E-state index contributed by atoms with van der Waals surface area (Å²) in [6.45, 7) is 1.77. The average molecular weight is 432 g/mol. The van der Waals surface area contributed by atoms with Crippen molar-refractivity contribution in [3.05, 3.63) is 88.5 Å². The highest BCUT2D eigenvalue weighted by Gasteiger charge is 2.41. The number of rotatable bonds is 5. The van der Waals surface area contributed by atoms with Crippen LogP contribution in [0.3, 0.4) is 0 Å². The van der Waals surface area contributed by atoms with Crippen LogP contribution >= 0.6 is 0 Å². The molecule has 0 unspecified atom stereocenters. The molecule has 0 bridgehead atoms. The Morgan fingerprint density at radius 3 is 1.80 bits per heavy atom. The van der Waals surface area contributed by atoms with E-state index in [1.165, 1.54) is 12.1 Å². The third-order valence-corrected chi connectivity index (χ3v) is 4.29. The van der Waals surface area contributed by atoms with E-state index in [1.807, 2.05) is 0 Å². The van der Waals surface area contributed by atoms with E-state index in [9.17, 15) is 35.1 Å². The fourth-order valence-electron chi connectivity index (χ4n) is 2.81. The lowest BCUT2D eigenvalue weighted by molar-refractivity contribution is -0.189. The zero-order valence-corrected chi connectivity index (χ0v) is 15.2. The Balaban J connectivity index is 2.00. The van der Waals surface area contributed by atoms with E-state index < -0.39 is 52.3 Å². The minimum Gasteiger partial charge on any atom is -0.429 e. The topological polar surface area (TPSA) is 9.23 Å². The first-order valence-corrected chi connectivity index (χ1v) is 8.53. The first-order valence-electron chi connectivity index (χ1n) is 8.53. The predicted octanol–water partition coefficient (Wildman–Crippen LogP) is 6.88. The van der Waals surface area contributed by atoms with Crippen molar-refractivity contribution < 1.29 is 39.9 Å². The van der Waals surface area contributed by atoms with Crippen molar-refractivity contribution in [1.82, 2.24) is 0 Å². The van der Waals surface area contributed by atoms with Gasteiger partial charge in [0.2, 0.25) is 0 Å². The molecule has 0 spiro atoms. The predicted molar refractivity (Wildman–Crippen MR) is 92.0 cm³/mol. The number of ether oxygens (including phenoxy) is 1. The molecule has 3 aromatic carbocycles. The Hall–Kier alpha value is -3.10. The van der Waals surface area contributed by atoms with Crippen molar-refractivity contribution in [2.45, 2.75) is 19.5 Å². The van der Waals surface area contributed by atoms with Crippen molar-refractivity contribution in [2.24, 2.45) is 0 Å². The van der Waals surface area contributed by atoms with Gasteiger partial charge in [-0.05, 0) is 35.7 Å². The molecule has 0 aromatic heterocycles. The summed E-state index contributed by atoms with van der Waals surface area (Å²) < 4.78 is 115. The number of hydrogen-bond acceptors (Lipinski definition) is 1. The van der Waals surface area contributed by atoms with E-state index in [1.54, 1.807) is 6.92 Å². The highest BCUT2D eigenvalue weighted by atomic mass is 19.3. The maximum absolute atomic E-state index is 14.4. The first-order chi connectivity index (χ1) is 14.0. The molecule has 0 aliphatic heterocycles. The highest BCUT2D eigenvalue weighted by molar-refractivity contribution is 5.65. The van der Waals surface area contributed by atoms with E-state index >= 15 is 0 Å². The zero-order chi connectivity index (χ0) is 22.2. The minimum atomic E-state index is -4.71. The quantitative estimate of drug-likeness (QED) is 0.316. The van der Waals surface area contributed by atoms with Crippen LogP contribution in [0, 0.1) is 34.9 Å². The summed E-state index contributed by atoms with van der Waals surface area (Å²) in [5, 5.41) is 0. The van der Waals surface area contributed by atoms with Crippen molar-refractivity contribution in [1.29, 1.82) is 0 Å². The largest absolute Gasteiger partial charge is 0.432 e. The molecule has 0 fully saturated rings. The summed E-state index contributed by atoms with van der Waals surface area (Å²) >= 11 is 0. The number of hydrogen-bond donors (Lipinski definition) is 0. The molecule has 0 aliphatic rings. The van der Waals surface area contributed by atoms with Crippen LogP contribution in [0.5, 0.6) is 5.75 Å². The Kier molecular flexibility index (Phi) is 5.74. The van der Waals surface area contributed by atoms with Gasteiger partial charge < -0.3 is 4.74 Å². The Labute approximate surface area is 165 Å². The molecule has 3 rings (SSSR count). The maximum atomic E-state index is 14.4. The molecule has 158 valence electrons. The standard InChI is InChI=1S/C21H12F8O/c1-2-10-3-4-13(14(22)5-10)11-6-15(23)19(16(24)7-11)21(28,29)30-12-8-17(25)20(27)18(26)9-12/h3-9H,2H2,1H3. The molecule has 0 atom stereocenters. The van der Waals surface area contributed by atoms with Crippen LogP contribution in [0.2, 0.25) is 0 Å². The molecule has 3 aromatic rings. The summed E-state index contributed by atoms with van der Waals surface area (Å²) in [4.78, 5) is 0. The van der Waals surface area contributed by atoms with Gasteiger partial charge in [-0.2, -0.15) is 8.78 Å². The Morgan fingerprint density at radius 1 is 0.733 bits per heavy atom. The van der Waals surface area contributed by atoms with Gasteiger partial charge in [-0.15, -0.1) is 0 Å². The maximum Gasteiger partial charge on any atom is 0.432 e. The molecular weight excluding hydrogens is 420 g/mol. The van der Waals surface area contributed by atoms with Gasteiger partial charge in [-0.25, -0.2) is 26.3 Å². The molecule has 1 nitrogen and oxygen atoms in total. The molecule has 30 heavy (non-hydrogen) atoms. The number of aryl methyl sites for hydroxylation is 1. The fraction of sp³-hybridized carbons (Fsp3) is 0.143. The molecule has 0 saturated heterocycles. The number of benzene rings is 3. The van der Waals surface area contributed by atoms with Crippen LogP contribution in [0.4, 0.5) is 35.1 Å². The lowest BCUT2D eigenvalue weighted by Gasteiger charge is -2.20. The van der Waals surface area contributed by atoms with Gasteiger partial charge in [-0.3, -0.25) is 0 Å². The third kappa shape index (κ3) is 4.10. The Bertz CT molecular complexity index is 1060. The van der Waals surface area contributed by atoms with E-state index in [-0.39, 0.29) is 23.3 Å². The normalized spacial score (nSPS) is 11.6. The van der Waals surface area contributed by atoms with Gasteiger partial charge in [0.05, 0.1) is 0 Å². The van der Waals surface area contributed by atoms with Gasteiger partial charge in [0.1, 0.15) is 28.8 Å². The van der Waals surface area contributed by atoms with Crippen LogP contribution in [-0.2, 0) is 12.5 Å². The minimum absolute atomic E-state index is 0.0984. The zero-order valence-electron chi connectivity index (χ0n) is 15.2. The first kappa shape index (κ1) is 21.6. The lowest BCUT2D eigenvalue weighted by Crippen LogP contribution is -2.25. The molecule has 9 heteroatoms. The monoisotopic (exact) mass is 432 g/mol. The van der Waals surface area contributed by atoms with Crippen molar-refractivity contribution in [3.63, 3.8) is 0 Å². The molecule has 0 saturated carbocycles. The number of halogens is 8. The van der Waals surface area contributed by atoms with Crippen LogP contribution in [0.25, 0.3) is 11.1 Å². The van der Waals surface area contributed by atoms with Gasteiger partial charge >= 0.3 is 6.11 Å². The smallest absolute Gasteiger partial charge is 0.429 e. The van der Waals surface area contributed by atoms with Crippen molar-refractivity contribution >= 4 is 0 Å². The fourth-order valence-corrected chi connectivity index (χ4v) is 2.81. The molecular formula is C21H12F8O. The molecule has 0 N–H and O–H groups in total. The van der Waals surface area contributed by atoms with Crippen LogP contribution in [-0.4, -0.2) is 0 Å². The van der Waals surface area contributed by atoms with Gasteiger partial charge in [0.15, 0.2) is 17.5 Å². The molecule has 0 heterocycles. The highest BCUT2D eigenvalue weighted by Crippen LogP contribution is 2.38. The average Bonchev–Trinajstić information content (AvgIpc) is 2.64. The second-order valence-corrected chi connectivity index (χ2v) is 6.30. The van der Waals surface area contributed by atoms with E-state index in [2.05, 4.69) is 4.74 Å². The second-order valence-electron chi connectivity index (χ2n) is 6.30. The SMILES string of the molecule is CCc1ccc(-c2cc(F)c(C(F)(F)Oc3cc(F)c(F)c(F)c3)c(F)c2)c(F)c1. The van der Waals surface area contributed by atoms with Crippen LogP contribution in [0.15, 0.2) is 42.5 Å². The summed E-state index contributed by atoms with van der Waals surface area (Å²) in [6, 6.07) is 5.06. The van der Waals surface area contributed by atoms with Gasteiger partial charge in [-0.1, -0.05) is 19.1 Å². The van der Waals surface area contributed by atoms with Crippen LogP contribution in [0.1, 0.15) is 18.1 Å². The lowest BCUT2D eigenvalue weighted by atomic mass is 10.00. The molecule has 0 amide bonds. The van der Waals surface area contributed by atoms with Crippen molar-refractivity contribution in [2.75, 3.05) is 0 Å². The number of alkyl halides is 2. The summed E-state index contributed by atoms with van der Waals surface area (Å²) in [5.41, 5.74) is -1.80. The summed E-state index contributed by atoms with van der Waals surface area (Å²) in [7, 11) is 0. The molecule has 0 radical (unpaired) electrons. The van der Waals surface area contributed by atoms with E-state index in [4.69, 9.17) is 0 Å².